The number of hydrogen-bond donors (Lipinski definition) is 1. The molecule has 1 amide bonds. The number of amides is 1. The van der Waals surface area contributed by atoms with E-state index >= 15 is 0 Å². The van der Waals surface area contributed by atoms with Crippen molar-refractivity contribution in [1.29, 1.82) is 0 Å². The van der Waals surface area contributed by atoms with Crippen LogP contribution in [0.3, 0.4) is 0 Å². The van der Waals surface area contributed by atoms with Gasteiger partial charge in [0.25, 0.3) is 0 Å². The Kier molecular flexibility index (Phi) is 3.13. The van der Waals surface area contributed by atoms with Crippen molar-refractivity contribution in [2.75, 3.05) is 13.1 Å². The van der Waals surface area contributed by atoms with Crippen LogP contribution in [0.15, 0.2) is 18.3 Å². The second-order valence-corrected chi connectivity index (χ2v) is 6.37. The van der Waals surface area contributed by atoms with Crippen LogP contribution in [0.4, 0.5) is 0 Å². The molecule has 5 nitrogen and oxygen atoms in total. The van der Waals surface area contributed by atoms with Crippen LogP contribution < -0.4 is 0 Å². The van der Waals surface area contributed by atoms with E-state index in [-0.39, 0.29) is 0 Å². The van der Waals surface area contributed by atoms with Gasteiger partial charge in [0.05, 0.1) is 6.20 Å². The van der Waals surface area contributed by atoms with Crippen molar-refractivity contribution in [3.05, 3.63) is 24.0 Å². The van der Waals surface area contributed by atoms with Gasteiger partial charge >= 0.3 is 0 Å². The zero-order valence-electron chi connectivity index (χ0n) is 12.1. The fraction of sp³-hybridized carbons (Fsp3) is 0.562. The number of fused-ring (bicyclic) bond motifs is 1. The summed E-state index contributed by atoms with van der Waals surface area (Å²) in [6.45, 7) is 1.73. The van der Waals surface area contributed by atoms with E-state index in [1.165, 1.54) is 12.8 Å². The lowest BCUT2D eigenvalue weighted by Crippen LogP contribution is -2.39. The Hall–Kier alpha value is -1.91. The lowest BCUT2D eigenvalue weighted by Gasteiger charge is -2.32. The van der Waals surface area contributed by atoms with Crippen LogP contribution in [0.2, 0.25) is 0 Å². The molecule has 2 aromatic heterocycles. The minimum atomic E-state index is 0.338. The number of nitrogens with zero attached hydrogens (tertiary/aromatic N) is 3. The maximum atomic E-state index is 12.3. The number of aromatic amines is 1. The SMILES string of the molecule is O=C(CC1CC1)N1CCC[C@H](c2ccc3cn[nH]c3n2)C1. The molecule has 3 heterocycles. The number of nitrogens with one attached hydrogen (secondary N) is 1. The topological polar surface area (TPSA) is 61.9 Å². The number of pyridine rings is 1. The van der Waals surface area contributed by atoms with Crippen molar-refractivity contribution in [2.45, 2.75) is 38.0 Å². The number of H-pyrrole nitrogens is 1. The molecular weight excluding hydrogens is 264 g/mol. The minimum Gasteiger partial charge on any atom is -0.342 e. The van der Waals surface area contributed by atoms with Crippen molar-refractivity contribution >= 4 is 16.9 Å². The molecule has 4 rings (SSSR count). The molecule has 1 saturated carbocycles. The number of hydrogen-bond acceptors (Lipinski definition) is 3. The Bertz CT molecular complexity index is 661. The number of carbonyl (C=O) groups excluding carboxylic acids is 1. The molecule has 0 spiro atoms. The van der Waals surface area contributed by atoms with Crippen molar-refractivity contribution < 1.29 is 4.79 Å². The standard InChI is InChI=1S/C16H20N4O/c21-15(8-11-3-4-11)20-7-1-2-13(10-20)14-6-5-12-9-17-19-16(12)18-14/h5-6,9,11,13H,1-4,7-8,10H2,(H,17,18,19)/t13-/m0/s1. The summed E-state index contributed by atoms with van der Waals surface area (Å²) in [5.41, 5.74) is 1.92. The molecule has 0 bridgehead atoms. The molecule has 2 fully saturated rings. The number of piperidine rings is 1. The summed E-state index contributed by atoms with van der Waals surface area (Å²) in [4.78, 5) is 19.0. The van der Waals surface area contributed by atoms with Gasteiger partial charge in [-0.1, -0.05) is 0 Å². The summed E-state index contributed by atoms with van der Waals surface area (Å²) in [7, 11) is 0. The quantitative estimate of drug-likeness (QED) is 0.941. The van der Waals surface area contributed by atoms with E-state index in [1.54, 1.807) is 6.20 Å². The lowest BCUT2D eigenvalue weighted by molar-refractivity contribution is -0.132. The summed E-state index contributed by atoms with van der Waals surface area (Å²) < 4.78 is 0. The highest BCUT2D eigenvalue weighted by atomic mass is 16.2. The fourth-order valence-corrected chi connectivity index (χ4v) is 3.21. The fourth-order valence-electron chi connectivity index (χ4n) is 3.21. The van der Waals surface area contributed by atoms with Crippen LogP contribution in [0.1, 0.15) is 43.7 Å². The molecule has 1 aliphatic carbocycles. The zero-order chi connectivity index (χ0) is 14.2. The Morgan fingerprint density at radius 3 is 3.10 bits per heavy atom. The van der Waals surface area contributed by atoms with Gasteiger partial charge in [0.2, 0.25) is 5.91 Å². The van der Waals surface area contributed by atoms with Gasteiger partial charge < -0.3 is 4.90 Å². The summed E-state index contributed by atoms with van der Waals surface area (Å²) in [6, 6.07) is 4.14. The first-order chi connectivity index (χ1) is 10.3. The van der Waals surface area contributed by atoms with Gasteiger partial charge in [0, 0.05) is 36.5 Å². The van der Waals surface area contributed by atoms with Crippen molar-refractivity contribution in [3.63, 3.8) is 0 Å². The van der Waals surface area contributed by atoms with E-state index in [1.807, 2.05) is 4.90 Å². The molecule has 5 heteroatoms. The highest BCUT2D eigenvalue weighted by Gasteiger charge is 2.30. The summed E-state index contributed by atoms with van der Waals surface area (Å²) in [5.74, 6) is 1.36. The molecule has 2 aromatic rings. The lowest BCUT2D eigenvalue weighted by atomic mass is 9.94. The predicted octanol–water partition coefficient (Wildman–Crippen LogP) is 2.46. The van der Waals surface area contributed by atoms with Gasteiger partial charge in [-0.3, -0.25) is 9.89 Å². The molecule has 2 aliphatic rings. The van der Waals surface area contributed by atoms with Crippen LogP contribution in [-0.4, -0.2) is 39.1 Å². The number of rotatable bonds is 3. The Balaban J connectivity index is 1.49. The minimum absolute atomic E-state index is 0.338. The first-order valence-electron chi connectivity index (χ1n) is 7.87. The van der Waals surface area contributed by atoms with E-state index in [0.717, 1.165) is 49.1 Å². The molecule has 0 radical (unpaired) electrons. The van der Waals surface area contributed by atoms with Gasteiger partial charge in [0.15, 0.2) is 5.65 Å². The number of aromatic nitrogens is 3. The highest BCUT2D eigenvalue weighted by Crippen LogP contribution is 2.34. The second-order valence-electron chi connectivity index (χ2n) is 6.37. The molecule has 0 unspecified atom stereocenters. The molecule has 0 aromatic carbocycles. The average molecular weight is 284 g/mol. The van der Waals surface area contributed by atoms with E-state index in [9.17, 15) is 4.79 Å². The molecular formula is C16H20N4O. The van der Waals surface area contributed by atoms with Crippen LogP contribution in [0.5, 0.6) is 0 Å². The monoisotopic (exact) mass is 284 g/mol. The number of likely N-dealkylation sites (tertiary alicyclic amines) is 1. The van der Waals surface area contributed by atoms with Crippen LogP contribution in [-0.2, 0) is 4.79 Å². The van der Waals surface area contributed by atoms with Crippen LogP contribution >= 0.6 is 0 Å². The van der Waals surface area contributed by atoms with Gasteiger partial charge in [-0.2, -0.15) is 5.10 Å². The third kappa shape index (κ3) is 2.64. The van der Waals surface area contributed by atoms with Crippen LogP contribution in [0.25, 0.3) is 11.0 Å². The predicted molar refractivity (Wildman–Crippen MR) is 79.8 cm³/mol. The molecule has 110 valence electrons. The maximum absolute atomic E-state index is 12.3. The first-order valence-corrected chi connectivity index (χ1v) is 7.87. The van der Waals surface area contributed by atoms with Crippen LogP contribution in [0, 0.1) is 5.92 Å². The van der Waals surface area contributed by atoms with Gasteiger partial charge in [-0.25, -0.2) is 4.98 Å². The van der Waals surface area contributed by atoms with Gasteiger partial charge in [0.1, 0.15) is 0 Å². The van der Waals surface area contributed by atoms with Crippen molar-refractivity contribution in [1.82, 2.24) is 20.1 Å². The van der Waals surface area contributed by atoms with Gasteiger partial charge in [-0.05, 0) is 43.7 Å². The molecule has 21 heavy (non-hydrogen) atoms. The van der Waals surface area contributed by atoms with Crippen molar-refractivity contribution in [3.8, 4) is 0 Å². The van der Waals surface area contributed by atoms with E-state index in [2.05, 4.69) is 27.3 Å². The Morgan fingerprint density at radius 2 is 2.24 bits per heavy atom. The normalized spacial score (nSPS) is 22.7. The zero-order valence-corrected chi connectivity index (χ0v) is 12.1. The third-order valence-electron chi connectivity index (χ3n) is 4.67. The Labute approximate surface area is 123 Å². The second kappa shape index (κ2) is 5.13. The largest absolute Gasteiger partial charge is 0.342 e. The molecule has 1 saturated heterocycles. The smallest absolute Gasteiger partial charge is 0.222 e. The van der Waals surface area contributed by atoms with E-state index in [4.69, 9.17) is 0 Å². The number of carbonyl (C=O) groups is 1. The summed E-state index contributed by atoms with van der Waals surface area (Å²) in [6.07, 6.45) is 7.20. The molecule has 1 aliphatic heterocycles. The van der Waals surface area contributed by atoms with E-state index in [0.29, 0.717) is 17.7 Å². The maximum Gasteiger partial charge on any atom is 0.222 e. The molecule has 1 atom stereocenters. The summed E-state index contributed by atoms with van der Waals surface area (Å²) in [5, 5.41) is 7.98. The third-order valence-corrected chi connectivity index (χ3v) is 4.67. The van der Waals surface area contributed by atoms with E-state index < -0.39 is 0 Å². The Morgan fingerprint density at radius 1 is 1.33 bits per heavy atom. The van der Waals surface area contributed by atoms with Gasteiger partial charge in [-0.15, -0.1) is 0 Å². The summed E-state index contributed by atoms with van der Waals surface area (Å²) >= 11 is 0. The highest BCUT2D eigenvalue weighted by molar-refractivity contribution is 5.77. The average Bonchev–Trinajstić information content (AvgIpc) is 3.20. The van der Waals surface area contributed by atoms with Crippen molar-refractivity contribution in [2.24, 2.45) is 5.92 Å². The first kappa shape index (κ1) is 12.8. The molecule has 1 N–H and O–H groups in total.